The Bertz CT molecular complexity index is 175. The van der Waals surface area contributed by atoms with Crippen LogP contribution in [0.3, 0.4) is 0 Å². The minimum absolute atomic E-state index is 0.306. The Hall–Kier alpha value is -0.130. The molecule has 0 heterocycles. The molecule has 0 saturated heterocycles. The lowest BCUT2D eigenvalue weighted by Crippen LogP contribution is -2.21. The molecule has 0 aromatic carbocycles. The number of hydrogen-bond acceptors (Lipinski definition) is 3. The van der Waals surface area contributed by atoms with Crippen molar-refractivity contribution in [2.45, 2.75) is 32.8 Å². The van der Waals surface area contributed by atoms with Gasteiger partial charge in [0.25, 0.3) is 0 Å². The summed E-state index contributed by atoms with van der Waals surface area (Å²) >= 11 is 0. The van der Waals surface area contributed by atoms with Gasteiger partial charge in [0.15, 0.2) is 0 Å². The summed E-state index contributed by atoms with van der Waals surface area (Å²) in [6.07, 6.45) is 1.28. The van der Waals surface area contributed by atoms with E-state index in [1.54, 1.807) is 6.92 Å². The molecule has 0 rings (SSSR count). The molecular formula is C5H13NO3S. The normalized spacial score (nSPS) is 15.1. The first-order valence-corrected chi connectivity index (χ1v) is 4.64. The van der Waals surface area contributed by atoms with Crippen molar-refractivity contribution in [2.24, 2.45) is 5.14 Å². The fourth-order valence-corrected chi connectivity index (χ4v) is 1.24. The lowest BCUT2D eigenvalue weighted by molar-refractivity contribution is 0.217. The van der Waals surface area contributed by atoms with Gasteiger partial charge in [-0.05, 0) is 13.3 Å². The van der Waals surface area contributed by atoms with Crippen LogP contribution in [0.2, 0.25) is 0 Å². The molecule has 0 amide bonds. The summed E-state index contributed by atoms with van der Waals surface area (Å²) in [5.41, 5.74) is 0. The molecule has 1 atom stereocenters. The van der Waals surface area contributed by atoms with Gasteiger partial charge in [0.05, 0.1) is 6.10 Å². The molecule has 0 radical (unpaired) electrons. The van der Waals surface area contributed by atoms with E-state index in [1.165, 1.54) is 0 Å². The number of rotatable bonds is 4. The van der Waals surface area contributed by atoms with Gasteiger partial charge < -0.3 is 0 Å². The minimum atomic E-state index is -3.75. The zero-order chi connectivity index (χ0) is 8.20. The number of hydrogen-bond donors (Lipinski definition) is 1. The van der Waals surface area contributed by atoms with Gasteiger partial charge in [0.1, 0.15) is 0 Å². The van der Waals surface area contributed by atoms with Gasteiger partial charge in [-0.25, -0.2) is 5.14 Å². The van der Waals surface area contributed by atoms with Crippen molar-refractivity contribution in [2.75, 3.05) is 0 Å². The van der Waals surface area contributed by atoms with Crippen molar-refractivity contribution >= 4 is 10.3 Å². The van der Waals surface area contributed by atoms with Crippen molar-refractivity contribution in [3.05, 3.63) is 0 Å². The molecule has 0 aliphatic rings. The van der Waals surface area contributed by atoms with Crippen molar-refractivity contribution in [1.82, 2.24) is 0 Å². The zero-order valence-corrected chi connectivity index (χ0v) is 7.02. The van der Waals surface area contributed by atoms with Crippen LogP contribution in [0.4, 0.5) is 0 Å². The molecule has 0 aliphatic heterocycles. The average molecular weight is 167 g/mol. The Morgan fingerprint density at radius 3 is 2.40 bits per heavy atom. The van der Waals surface area contributed by atoms with Crippen LogP contribution in [0.5, 0.6) is 0 Å². The van der Waals surface area contributed by atoms with E-state index in [4.69, 9.17) is 0 Å². The summed E-state index contributed by atoms with van der Waals surface area (Å²) in [4.78, 5) is 0. The Labute approximate surface area is 61.6 Å². The Morgan fingerprint density at radius 2 is 2.10 bits per heavy atom. The predicted octanol–water partition coefficient (Wildman–Crippen LogP) is 0.395. The monoisotopic (exact) mass is 167 g/mol. The van der Waals surface area contributed by atoms with Crippen LogP contribution in [0.1, 0.15) is 26.7 Å². The molecule has 0 aromatic heterocycles. The molecule has 4 nitrogen and oxygen atoms in total. The third-order valence-corrected chi connectivity index (χ3v) is 1.59. The largest absolute Gasteiger partial charge is 0.333 e. The van der Waals surface area contributed by atoms with E-state index < -0.39 is 10.3 Å². The van der Waals surface area contributed by atoms with Crippen LogP contribution in [-0.4, -0.2) is 14.5 Å². The highest BCUT2D eigenvalue weighted by Crippen LogP contribution is 2.01. The molecular weight excluding hydrogens is 154 g/mol. The minimum Gasteiger partial charge on any atom is -0.255 e. The molecule has 1 unspecified atom stereocenters. The van der Waals surface area contributed by atoms with Crippen molar-refractivity contribution in [3.8, 4) is 0 Å². The van der Waals surface area contributed by atoms with Gasteiger partial charge in [0, 0.05) is 0 Å². The van der Waals surface area contributed by atoms with E-state index >= 15 is 0 Å². The summed E-state index contributed by atoms with van der Waals surface area (Å²) in [7, 11) is -3.75. The molecule has 0 saturated carbocycles. The molecule has 62 valence electrons. The fourth-order valence-electron chi connectivity index (χ4n) is 0.684. The van der Waals surface area contributed by atoms with Crippen molar-refractivity contribution in [1.29, 1.82) is 0 Å². The summed E-state index contributed by atoms with van der Waals surface area (Å²) in [5.74, 6) is 0. The Morgan fingerprint density at radius 1 is 1.60 bits per heavy atom. The highest BCUT2D eigenvalue weighted by Gasteiger charge is 2.08. The van der Waals surface area contributed by atoms with Crippen LogP contribution >= 0.6 is 0 Å². The van der Waals surface area contributed by atoms with E-state index in [-0.39, 0.29) is 6.10 Å². The van der Waals surface area contributed by atoms with Gasteiger partial charge in [-0.2, -0.15) is 8.42 Å². The topological polar surface area (TPSA) is 69.4 Å². The van der Waals surface area contributed by atoms with Gasteiger partial charge in [-0.3, -0.25) is 4.18 Å². The molecule has 10 heavy (non-hydrogen) atoms. The van der Waals surface area contributed by atoms with Crippen LogP contribution in [0, 0.1) is 0 Å². The molecule has 0 aromatic rings. The van der Waals surface area contributed by atoms with E-state index in [1.807, 2.05) is 6.92 Å². The first-order chi connectivity index (χ1) is 4.45. The second-order valence-corrected chi connectivity index (χ2v) is 3.37. The Kier molecular flexibility index (Phi) is 3.85. The second-order valence-electron chi connectivity index (χ2n) is 2.19. The molecule has 5 heteroatoms. The van der Waals surface area contributed by atoms with Gasteiger partial charge >= 0.3 is 10.3 Å². The van der Waals surface area contributed by atoms with Crippen LogP contribution in [0.25, 0.3) is 0 Å². The maximum atomic E-state index is 10.3. The predicted molar refractivity (Wildman–Crippen MR) is 38.6 cm³/mol. The fraction of sp³-hybridized carbons (Fsp3) is 1.00. The standard InChI is InChI=1S/C5H13NO3S/c1-3-4-5(2)9-10(6,7)8/h5H,3-4H2,1-2H3,(H2,6,7,8). The van der Waals surface area contributed by atoms with E-state index in [9.17, 15) is 8.42 Å². The van der Waals surface area contributed by atoms with E-state index in [0.717, 1.165) is 6.42 Å². The quantitative estimate of drug-likeness (QED) is 0.658. The summed E-state index contributed by atoms with van der Waals surface area (Å²) < 4.78 is 25.0. The van der Waals surface area contributed by atoms with Crippen LogP contribution in [-0.2, 0) is 14.5 Å². The first-order valence-electron chi connectivity index (χ1n) is 3.16. The second kappa shape index (κ2) is 3.90. The molecule has 0 aliphatic carbocycles. The summed E-state index contributed by atoms with van der Waals surface area (Å²) in [5, 5.41) is 4.62. The third-order valence-electron chi connectivity index (χ3n) is 0.994. The van der Waals surface area contributed by atoms with Gasteiger partial charge in [-0.15, -0.1) is 0 Å². The molecule has 0 bridgehead atoms. The highest BCUT2D eigenvalue weighted by atomic mass is 32.2. The summed E-state index contributed by atoms with van der Waals surface area (Å²) in [6.45, 7) is 3.62. The SMILES string of the molecule is CCCC(C)OS(N)(=O)=O. The van der Waals surface area contributed by atoms with Crippen molar-refractivity contribution < 1.29 is 12.6 Å². The highest BCUT2D eigenvalue weighted by molar-refractivity contribution is 7.84. The first kappa shape index (κ1) is 9.87. The lowest BCUT2D eigenvalue weighted by atomic mass is 10.2. The molecule has 0 fully saturated rings. The maximum absolute atomic E-state index is 10.3. The van der Waals surface area contributed by atoms with E-state index in [0.29, 0.717) is 6.42 Å². The number of nitrogens with two attached hydrogens (primary N) is 1. The zero-order valence-electron chi connectivity index (χ0n) is 6.20. The lowest BCUT2D eigenvalue weighted by Gasteiger charge is -2.07. The molecule has 2 N–H and O–H groups in total. The van der Waals surface area contributed by atoms with Crippen LogP contribution in [0.15, 0.2) is 0 Å². The van der Waals surface area contributed by atoms with Gasteiger partial charge in [-0.1, -0.05) is 13.3 Å². The Balaban J connectivity index is 3.69. The third kappa shape index (κ3) is 6.00. The molecule has 0 spiro atoms. The van der Waals surface area contributed by atoms with Gasteiger partial charge in [0.2, 0.25) is 0 Å². The summed E-state index contributed by atoms with van der Waals surface area (Å²) in [6, 6.07) is 0. The van der Waals surface area contributed by atoms with E-state index in [2.05, 4.69) is 9.32 Å². The maximum Gasteiger partial charge on any atom is 0.333 e. The van der Waals surface area contributed by atoms with Crippen LogP contribution < -0.4 is 5.14 Å². The smallest absolute Gasteiger partial charge is 0.255 e. The van der Waals surface area contributed by atoms with Crippen molar-refractivity contribution in [3.63, 3.8) is 0 Å². The average Bonchev–Trinajstić information content (AvgIpc) is 1.59.